The van der Waals surface area contributed by atoms with Gasteiger partial charge < -0.3 is 9.64 Å². The van der Waals surface area contributed by atoms with Crippen molar-refractivity contribution in [2.75, 3.05) is 6.54 Å². The molecule has 0 N–H and O–H groups in total. The number of ether oxygens (including phenoxy) is 1. The van der Waals surface area contributed by atoms with Crippen LogP contribution >= 0.6 is 0 Å². The van der Waals surface area contributed by atoms with Crippen LogP contribution in [0.25, 0.3) is 0 Å². The van der Waals surface area contributed by atoms with Crippen molar-refractivity contribution >= 4 is 11.9 Å². The second-order valence-corrected chi connectivity index (χ2v) is 6.91. The zero-order valence-corrected chi connectivity index (χ0v) is 14.1. The lowest BCUT2D eigenvalue weighted by atomic mass is 9.72. The molecular formula is C20H25NO3. The third-order valence-corrected chi connectivity index (χ3v) is 5.39. The van der Waals surface area contributed by atoms with Crippen LogP contribution in [0.4, 0.5) is 4.79 Å². The SMILES string of the molecule is C=CCC1CC2(CCCN2C(=O)OCc2ccccc2)CCC1=O. The van der Waals surface area contributed by atoms with E-state index in [2.05, 4.69) is 6.58 Å². The van der Waals surface area contributed by atoms with Crippen molar-refractivity contribution in [2.45, 2.75) is 50.7 Å². The van der Waals surface area contributed by atoms with Gasteiger partial charge in [0.25, 0.3) is 0 Å². The molecule has 4 nitrogen and oxygen atoms in total. The summed E-state index contributed by atoms with van der Waals surface area (Å²) in [5, 5.41) is 0. The Balaban J connectivity index is 1.67. The van der Waals surface area contributed by atoms with Gasteiger partial charge >= 0.3 is 6.09 Å². The molecular weight excluding hydrogens is 302 g/mol. The Bertz CT molecular complexity index is 613. The Morgan fingerprint density at radius 1 is 1.33 bits per heavy atom. The zero-order chi connectivity index (χ0) is 17.0. The summed E-state index contributed by atoms with van der Waals surface area (Å²) in [6, 6.07) is 9.72. The van der Waals surface area contributed by atoms with E-state index >= 15 is 0 Å². The molecule has 1 aromatic rings. The molecule has 2 unspecified atom stereocenters. The molecule has 1 aliphatic carbocycles. The van der Waals surface area contributed by atoms with Crippen molar-refractivity contribution < 1.29 is 14.3 Å². The third-order valence-electron chi connectivity index (χ3n) is 5.39. The smallest absolute Gasteiger partial charge is 0.410 e. The molecule has 1 spiro atoms. The summed E-state index contributed by atoms with van der Waals surface area (Å²) in [6.45, 7) is 4.78. The molecule has 3 rings (SSSR count). The molecule has 1 aliphatic heterocycles. The largest absolute Gasteiger partial charge is 0.445 e. The molecule has 24 heavy (non-hydrogen) atoms. The number of hydrogen-bond acceptors (Lipinski definition) is 3. The molecule has 2 fully saturated rings. The highest BCUT2D eigenvalue weighted by Crippen LogP contribution is 2.44. The van der Waals surface area contributed by atoms with Crippen LogP contribution in [-0.4, -0.2) is 28.9 Å². The third kappa shape index (κ3) is 3.37. The van der Waals surface area contributed by atoms with Gasteiger partial charge in [-0.15, -0.1) is 6.58 Å². The maximum Gasteiger partial charge on any atom is 0.410 e. The second kappa shape index (κ2) is 7.20. The van der Waals surface area contributed by atoms with Gasteiger partial charge in [0.2, 0.25) is 0 Å². The number of benzene rings is 1. The van der Waals surface area contributed by atoms with E-state index in [1.165, 1.54) is 0 Å². The molecule has 1 aromatic carbocycles. The summed E-state index contributed by atoms with van der Waals surface area (Å²) in [6.07, 6.45) is 6.29. The number of nitrogens with zero attached hydrogens (tertiary/aromatic N) is 1. The van der Waals surface area contributed by atoms with E-state index in [1.807, 2.05) is 41.3 Å². The molecule has 1 amide bonds. The van der Waals surface area contributed by atoms with Crippen molar-refractivity contribution in [2.24, 2.45) is 5.92 Å². The summed E-state index contributed by atoms with van der Waals surface area (Å²) < 4.78 is 5.54. The number of carbonyl (C=O) groups excluding carboxylic acids is 2. The number of amides is 1. The zero-order valence-electron chi connectivity index (χ0n) is 14.1. The fourth-order valence-electron chi connectivity index (χ4n) is 4.14. The maximum atomic E-state index is 12.6. The van der Waals surface area contributed by atoms with Crippen LogP contribution < -0.4 is 0 Å². The van der Waals surface area contributed by atoms with Crippen LogP contribution in [0.2, 0.25) is 0 Å². The molecule has 0 bridgehead atoms. The van der Waals surface area contributed by atoms with Crippen LogP contribution in [0.1, 0.15) is 44.1 Å². The molecule has 0 radical (unpaired) electrons. The first-order valence-corrected chi connectivity index (χ1v) is 8.76. The van der Waals surface area contributed by atoms with Gasteiger partial charge in [0.15, 0.2) is 0 Å². The summed E-state index contributed by atoms with van der Waals surface area (Å²) >= 11 is 0. The number of carbonyl (C=O) groups is 2. The Labute approximate surface area is 143 Å². The minimum atomic E-state index is -0.247. The summed E-state index contributed by atoms with van der Waals surface area (Å²) in [4.78, 5) is 26.7. The Hall–Kier alpha value is -2.10. The van der Waals surface area contributed by atoms with Crippen LogP contribution in [0.3, 0.4) is 0 Å². The van der Waals surface area contributed by atoms with E-state index in [-0.39, 0.29) is 17.6 Å². The summed E-state index contributed by atoms with van der Waals surface area (Å²) in [5.41, 5.74) is 0.789. The van der Waals surface area contributed by atoms with Gasteiger partial charge in [-0.1, -0.05) is 36.4 Å². The Kier molecular flexibility index (Phi) is 5.03. The van der Waals surface area contributed by atoms with Crippen LogP contribution in [-0.2, 0) is 16.1 Å². The topological polar surface area (TPSA) is 46.6 Å². The fraction of sp³-hybridized carbons (Fsp3) is 0.500. The van der Waals surface area contributed by atoms with Gasteiger partial charge in [0.1, 0.15) is 12.4 Å². The van der Waals surface area contributed by atoms with Crippen LogP contribution in [0, 0.1) is 5.92 Å². The minimum absolute atomic E-state index is 0.00114. The Morgan fingerprint density at radius 2 is 2.12 bits per heavy atom. The number of rotatable bonds is 4. The van der Waals surface area contributed by atoms with Crippen molar-refractivity contribution in [3.8, 4) is 0 Å². The van der Waals surface area contributed by atoms with Crippen molar-refractivity contribution in [3.05, 3.63) is 48.6 Å². The highest BCUT2D eigenvalue weighted by molar-refractivity contribution is 5.83. The number of allylic oxidation sites excluding steroid dienone is 1. The van der Waals surface area contributed by atoms with Gasteiger partial charge in [0, 0.05) is 24.4 Å². The van der Waals surface area contributed by atoms with E-state index < -0.39 is 0 Å². The molecule has 128 valence electrons. The Morgan fingerprint density at radius 3 is 2.88 bits per heavy atom. The molecule has 2 atom stereocenters. The van der Waals surface area contributed by atoms with E-state index in [0.717, 1.165) is 37.8 Å². The first-order valence-electron chi connectivity index (χ1n) is 8.76. The number of likely N-dealkylation sites (tertiary alicyclic amines) is 1. The highest BCUT2D eigenvalue weighted by Gasteiger charge is 2.48. The summed E-state index contributed by atoms with van der Waals surface area (Å²) in [5.74, 6) is 0.309. The number of ketones is 1. The second-order valence-electron chi connectivity index (χ2n) is 6.91. The predicted molar refractivity (Wildman–Crippen MR) is 92.5 cm³/mol. The van der Waals surface area contributed by atoms with Crippen LogP contribution in [0.15, 0.2) is 43.0 Å². The van der Waals surface area contributed by atoms with Crippen molar-refractivity contribution in [1.29, 1.82) is 0 Å². The normalized spacial score (nSPS) is 26.6. The highest BCUT2D eigenvalue weighted by atomic mass is 16.6. The molecule has 0 aromatic heterocycles. The summed E-state index contributed by atoms with van der Waals surface area (Å²) in [7, 11) is 0. The lowest BCUT2D eigenvalue weighted by molar-refractivity contribution is -0.127. The predicted octanol–water partition coefficient (Wildman–Crippen LogP) is 4.10. The van der Waals surface area contributed by atoms with Gasteiger partial charge in [-0.2, -0.15) is 0 Å². The van der Waals surface area contributed by atoms with E-state index in [0.29, 0.717) is 25.2 Å². The standard InChI is InChI=1S/C20H25NO3/c1-2-7-17-14-20(12-10-18(17)22)11-6-13-21(20)19(23)24-15-16-8-4-3-5-9-16/h2-5,8-9,17H,1,6-7,10-15H2. The molecule has 1 heterocycles. The average molecular weight is 327 g/mol. The van der Waals surface area contributed by atoms with Gasteiger partial charge in [-0.3, -0.25) is 4.79 Å². The monoisotopic (exact) mass is 327 g/mol. The molecule has 2 aliphatic rings. The van der Waals surface area contributed by atoms with E-state index in [1.54, 1.807) is 0 Å². The van der Waals surface area contributed by atoms with Gasteiger partial charge in [-0.25, -0.2) is 4.79 Å². The molecule has 4 heteroatoms. The van der Waals surface area contributed by atoms with Crippen LogP contribution in [0.5, 0.6) is 0 Å². The lowest BCUT2D eigenvalue weighted by Gasteiger charge is -2.43. The van der Waals surface area contributed by atoms with Crippen molar-refractivity contribution in [3.63, 3.8) is 0 Å². The van der Waals surface area contributed by atoms with E-state index in [9.17, 15) is 9.59 Å². The first kappa shape index (κ1) is 16.7. The van der Waals surface area contributed by atoms with Gasteiger partial charge in [0.05, 0.1) is 0 Å². The van der Waals surface area contributed by atoms with Gasteiger partial charge in [-0.05, 0) is 37.7 Å². The molecule has 1 saturated heterocycles. The number of hydrogen-bond donors (Lipinski definition) is 0. The maximum absolute atomic E-state index is 12.6. The van der Waals surface area contributed by atoms with Crippen molar-refractivity contribution in [1.82, 2.24) is 4.90 Å². The minimum Gasteiger partial charge on any atom is -0.445 e. The quantitative estimate of drug-likeness (QED) is 0.782. The average Bonchev–Trinajstić information content (AvgIpc) is 3.01. The van der Waals surface area contributed by atoms with E-state index in [4.69, 9.17) is 4.74 Å². The first-order chi connectivity index (χ1) is 11.6. The molecule has 1 saturated carbocycles. The lowest BCUT2D eigenvalue weighted by Crippen LogP contribution is -2.52. The number of Topliss-reactive ketones (excluding diaryl/α,β-unsaturated/α-hetero) is 1. The fourth-order valence-corrected chi connectivity index (χ4v) is 4.14.